The van der Waals surface area contributed by atoms with Crippen LogP contribution < -0.4 is 10.6 Å². The van der Waals surface area contributed by atoms with Crippen LogP contribution >= 0.6 is 0 Å². The first kappa shape index (κ1) is 19.9. The lowest BCUT2D eigenvalue weighted by atomic mass is 9.95. The highest BCUT2D eigenvalue weighted by atomic mass is 16.3. The van der Waals surface area contributed by atoms with E-state index in [1.807, 2.05) is 91.8 Å². The molecule has 0 bridgehead atoms. The number of rotatable bonds is 7. The van der Waals surface area contributed by atoms with E-state index in [1.54, 1.807) is 0 Å². The molecule has 0 heterocycles. The molecule has 0 radical (unpaired) electrons. The number of hydrogen-bond donors (Lipinski definition) is 3. The van der Waals surface area contributed by atoms with Crippen LogP contribution in [0.15, 0.2) is 72.8 Å². The van der Waals surface area contributed by atoms with Crippen molar-refractivity contribution in [1.82, 2.24) is 10.2 Å². The minimum Gasteiger partial charge on any atom is -0.388 e. The van der Waals surface area contributed by atoms with Gasteiger partial charge in [0.25, 0.3) is 0 Å². The molecule has 2 atom stereocenters. The highest BCUT2D eigenvalue weighted by molar-refractivity contribution is 6.01. The van der Waals surface area contributed by atoms with Crippen LogP contribution in [0.1, 0.15) is 11.7 Å². The molecule has 146 valence electrons. The van der Waals surface area contributed by atoms with Gasteiger partial charge in [0.2, 0.25) is 0 Å². The summed E-state index contributed by atoms with van der Waals surface area (Å²) in [6, 6.07) is 23.0. The average molecular weight is 377 g/mol. The van der Waals surface area contributed by atoms with Crippen molar-refractivity contribution in [3.05, 3.63) is 78.4 Å². The number of carbonyl (C=O) groups excluding carboxylic acids is 1. The summed E-state index contributed by atoms with van der Waals surface area (Å²) in [6.45, 7) is 1.02. The van der Waals surface area contributed by atoms with Crippen molar-refractivity contribution in [2.75, 3.05) is 32.5 Å². The molecule has 0 aliphatic carbocycles. The minimum absolute atomic E-state index is 0.129. The van der Waals surface area contributed by atoms with Crippen molar-refractivity contribution in [1.29, 1.82) is 0 Å². The molecular formula is C23H27N3O2. The Bertz CT molecular complexity index is 907. The van der Waals surface area contributed by atoms with Crippen molar-refractivity contribution in [3.8, 4) is 0 Å². The lowest BCUT2D eigenvalue weighted by Crippen LogP contribution is -2.39. The predicted molar refractivity (Wildman–Crippen MR) is 114 cm³/mol. The molecule has 0 fully saturated rings. The smallest absolute Gasteiger partial charge is 0.319 e. The molecule has 5 heteroatoms. The summed E-state index contributed by atoms with van der Waals surface area (Å²) in [6.07, 6.45) is -0.651. The zero-order valence-electron chi connectivity index (χ0n) is 16.3. The molecule has 0 aromatic heterocycles. The molecule has 5 nitrogen and oxygen atoms in total. The van der Waals surface area contributed by atoms with Gasteiger partial charge < -0.3 is 20.6 Å². The van der Waals surface area contributed by atoms with E-state index in [0.717, 1.165) is 22.0 Å². The lowest BCUT2D eigenvalue weighted by Gasteiger charge is -2.26. The van der Waals surface area contributed by atoms with Crippen molar-refractivity contribution >= 4 is 22.5 Å². The topological polar surface area (TPSA) is 64.6 Å². The van der Waals surface area contributed by atoms with Gasteiger partial charge in [-0.3, -0.25) is 0 Å². The van der Waals surface area contributed by atoms with E-state index < -0.39 is 6.10 Å². The van der Waals surface area contributed by atoms with Gasteiger partial charge in [0.05, 0.1) is 11.8 Å². The van der Waals surface area contributed by atoms with E-state index in [4.69, 9.17) is 0 Å². The van der Waals surface area contributed by atoms with Crippen LogP contribution in [-0.4, -0.2) is 43.2 Å². The van der Waals surface area contributed by atoms with Crippen LogP contribution in [0.25, 0.3) is 10.8 Å². The van der Waals surface area contributed by atoms with Gasteiger partial charge in [-0.15, -0.1) is 0 Å². The van der Waals surface area contributed by atoms with Crippen molar-refractivity contribution in [2.45, 2.75) is 6.10 Å². The zero-order chi connectivity index (χ0) is 19.9. The quantitative estimate of drug-likeness (QED) is 0.586. The van der Waals surface area contributed by atoms with Gasteiger partial charge in [0.1, 0.15) is 0 Å². The zero-order valence-corrected chi connectivity index (χ0v) is 16.3. The Balaban J connectivity index is 1.66. The lowest BCUT2D eigenvalue weighted by molar-refractivity contribution is 0.0911. The van der Waals surface area contributed by atoms with Crippen molar-refractivity contribution < 1.29 is 9.90 Å². The summed E-state index contributed by atoms with van der Waals surface area (Å²) >= 11 is 0. The number of carbonyl (C=O) groups is 1. The predicted octanol–water partition coefficient (Wildman–Crippen LogP) is 3.87. The monoisotopic (exact) mass is 377 g/mol. The maximum Gasteiger partial charge on any atom is 0.319 e. The van der Waals surface area contributed by atoms with E-state index in [9.17, 15) is 9.90 Å². The highest BCUT2D eigenvalue weighted by Gasteiger charge is 2.22. The number of anilines is 1. The van der Waals surface area contributed by atoms with Crippen LogP contribution in [0.4, 0.5) is 10.5 Å². The number of nitrogens with zero attached hydrogens (tertiary/aromatic N) is 1. The second-order valence-corrected chi connectivity index (χ2v) is 7.24. The Morgan fingerprint density at radius 3 is 2.39 bits per heavy atom. The van der Waals surface area contributed by atoms with Gasteiger partial charge in [-0.1, -0.05) is 66.7 Å². The largest absolute Gasteiger partial charge is 0.388 e. The van der Waals surface area contributed by atoms with Crippen LogP contribution in [0.3, 0.4) is 0 Å². The number of hydrogen-bond acceptors (Lipinski definition) is 3. The molecule has 0 aliphatic rings. The highest BCUT2D eigenvalue weighted by Crippen LogP contribution is 2.24. The first-order valence-electron chi connectivity index (χ1n) is 9.45. The third-order valence-electron chi connectivity index (χ3n) is 4.75. The van der Waals surface area contributed by atoms with Gasteiger partial charge in [-0.05, 0) is 31.1 Å². The summed E-state index contributed by atoms with van der Waals surface area (Å²) < 4.78 is 0. The Morgan fingerprint density at radius 2 is 1.64 bits per heavy atom. The van der Waals surface area contributed by atoms with Gasteiger partial charge >= 0.3 is 6.03 Å². The summed E-state index contributed by atoms with van der Waals surface area (Å²) in [4.78, 5) is 14.5. The van der Waals surface area contributed by atoms with Crippen molar-refractivity contribution in [3.63, 3.8) is 0 Å². The van der Waals surface area contributed by atoms with Gasteiger partial charge in [0, 0.05) is 24.4 Å². The molecule has 28 heavy (non-hydrogen) atoms. The standard InChI is InChI=1S/C23H27N3O2/c1-26(2)16-19(22(27)18-10-4-3-5-11-18)15-24-23(28)25-21-14-8-12-17-9-6-7-13-20(17)21/h3-14,19,22,27H,15-16H2,1-2H3,(H2,24,25,28)/t19-,22-/m0/s1. The maximum atomic E-state index is 12.5. The molecule has 0 saturated heterocycles. The van der Waals surface area contributed by atoms with E-state index in [2.05, 4.69) is 10.6 Å². The number of benzene rings is 3. The number of fused-ring (bicyclic) bond motifs is 1. The summed E-state index contributed by atoms with van der Waals surface area (Å²) in [5.74, 6) is -0.129. The number of urea groups is 1. The molecule has 3 aromatic rings. The second-order valence-electron chi connectivity index (χ2n) is 7.24. The first-order chi connectivity index (χ1) is 13.5. The molecule has 2 amide bonds. The Labute approximate surface area is 166 Å². The third kappa shape index (κ3) is 5.09. The maximum absolute atomic E-state index is 12.5. The fourth-order valence-electron chi connectivity index (χ4n) is 3.39. The van der Waals surface area contributed by atoms with E-state index in [0.29, 0.717) is 13.1 Å². The molecule has 3 aromatic carbocycles. The second kappa shape index (κ2) is 9.35. The van der Waals surface area contributed by atoms with Gasteiger partial charge in [-0.25, -0.2) is 4.79 Å². The van der Waals surface area contributed by atoms with Gasteiger partial charge in [-0.2, -0.15) is 0 Å². The summed E-state index contributed by atoms with van der Waals surface area (Å²) in [5.41, 5.74) is 1.62. The fourth-order valence-corrected chi connectivity index (χ4v) is 3.39. The Kier molecular flexibility index (Phi) is 6.63. The van der Waals surface area contributed by atoms with Crippen LogP contribution in [0.5, 0.6) is 0 Å². The van der Waals surface area contributed by atoms with E-state index in [-0.39, 0.29) is 11.9 Å². The first-order valence-corrected chi connectivity index (χ1v) is 9.45. The fraction of sp³-hybridized carbons (Fsp3) is 0.261. The molecule has 0 aliphatic heterocycles. The van der Waals surface area contributed by atoms with E-state index >= 15 is 0 Å². The molecule has 3 rings (SSSR count). The van der Waals surface area contributed by atoms with Gasteiger partial charge in [0.15, 0.2) is 0 Å². The summed E-state index contributed by atoms with van der Waals surface area (Å²) in [7, 11) is 3.92. The number of aliphatic hydroxyl groups is 1. The Morgan fingerprint density at radius 1 is 0.964 bits per heavy atom. The molecular weight excluding hydrogens is 350 g/mol. The number of nitrogens with one attached hydrogen (secondary N) is 2. The van der Waals surface area contributed by atoms with Crippen LogP contribution in [0.2, 0.25) is 0 Å². The van der Waals surface area contributed by atoms with Crippen LogP contribution in [0, 0.1) is 5.92 Å². The number of aliphatic hydroxyl groups excluding tert-OH is 1. The molecule has 0 saturated carbocycles. The number of amides is 2. The third-order valence-corrected chi connectivity index (χ3v) is 4.75. The Hall–Kier alpha value is -2.89. The minimum atomic E-state index is -0.651. The normalized spacial score (nSPS) is 13.3. The van der Waals surface area contributed by atoms with Crippen molar-refractivity contribution in [2.24, 2.45) is 5.92 Å². The molecule has 0 unspecified atom stereocenters. The average Bonchev–Trinajstić information content (AvgIpc) is 2.71. The van der Waals surface area contributed by atoms with E-state index in [1.165, 1.54) is 0 Å². The molecule has 3 N–H and O–H groups in total. The SMILES string of the molecule is CN(C)C[C@H](CNC(=O)Nc1cccc2ccccc12)[C@@H](O)c1ccccc1. The molecule has 0 spiro atoms. The van der Waals surface area contributed by atoms with Crippen LogP contribution in [-0.2, 0) is 0 Å². The summed E-state index contributed by atoms with van der Waals surface area (Å²) in [5, 5.41) is 18.7.